The number of aliphatic hydroxyl groups is 2. The maximum Gasteiger partial charge on any atom is 0.323 e. The molecule has 0 rings (SSSR count). The molecule has 0 aliphatic carbocycles. The standard InChI is InChI=1S/C5H12N2O2.C5H11NO2S.C4H9NO3.CH4O/c6-3-1-2-4(7)5(8)9;1-9-3-2-4(6)5(7)8;1-2(6)3(5)4(7)8;1-2/h4H,1-3,6-7H2,(H,8,9);4H,2-3,6H2,1H3,(H,7,8);2-3,6H,5H2,1H3,(H,7,8);2H,1H3/t2*4-;2-,3+;/m001./s1. The smallest absolute Gasteiger partial charge is 0.323 e. The van der Waals surface area contributed by atoms with Crippen LogP contribution in [-0.4, -0.2) is 93.3 Å². The van der Waals surface area contributed by atoms with Crippen molar-refractivity contribution >= 4 is 29.7 Å². The summed E-state index contributed by atoms with van der Waals surface area (Å²) in [6, 6.07) is -2.58. The molecular weight excluding hydrogens is 396 g/mol. The van der Waals surface area contributed by atoms with Crippen LogP contribution in [0.2, 0.25) is 0 Å². The molecule has 0 aliphatic rings. The van der Waals surface area contributed by atoms with Gasteiger partial charge in [0.1, 0.15) is 18.1 Å². The van der Waals surface area contributed by atoms with Crippen LogP contribution >= 0.6 is 11.8 Å². The lowest BCUT2D eigenvalue weighted by molar-refractivity contribution is -0.141. The van der Waals surface area contributed by atoms with Crippen molar-refractivity contribution < 1.29 is 39.9 Å². The number of carboxylic acids is 3. The van der Waals surface area contributed by atoms with Gasteiger partial charge in [0.2, 0.25) is 0 Å². The summed E-state index contributed by atoms with van der Waals surface area (Å²) in [5, 5.41) is 40.1. The van der Waals surface area contributed by atoms with Crippen molar-refractivity contribution in [2.24, 2.45) is 22.9 Å². The van der Waals surface area contributed by atoms with Crippen LogP contribution < -0.4 is 22.9 Å². The van der Waals surface area contributed by atoms with Crippen LogP contribution in [0.1, 0.15) is 26.2 Å². The molecule has 4 atom stereocenters. The van der Waals surface area contributed by atoms with E-state index in [0.29, 0.717) is 25.8 Å². The van der Waals surface area contributed by atoms with Crippen molar-refractivity contribution in [2.45, 2.75) is 50.4 Å². The number of carboxylic acid groups (broad SMARTS) is 3. The molecule has 0 spiro atoms. The minimum atomic E-state index is -1.18. The van der Waals surface area contributed by atoms with E-state index in [1.165, 1.54) is 6.92 Å². The van der Waals surface area contributed by atoms with Gasteiger partial charge in [-0.15, -0.1) is 0 Å². The molecule has 0 unspecified atom stereocenters. The van der Waals surface area contributed by atoms with Crippen molar-refractivity contribution in [3.05, 3.63) is 0 Å². The minimum absolute atomic E-state index is 0.464. The Hall–Kier alpha value is -1.48. The minimum Gasteiger partial charge on any atom is -0.480 e. The van der Waals surface area contributed by atoms with Crippen LogP contribution in [0, 0.1) is 0 Å². The van der Waals surface area contributed by atoms with Gasteiger partial charge in [-0.1, -0.05) is 0 Å². The van der Waals surface area contributed by atoms with Gasteiger partial charge in [0.05, 0.1) is 6.10 Å². The molecule has 13 heteroatoms. The first-order valence-corrected chi connectivity index (χ1v) is 9.58. The Morgan fingerprint density at radius 1 is 0.893 bits per heavy atom. The lowest BCUT2D eigenvalue weighted by atomic mass is 10.2. The Kier molecular flexibility index (Phi) is 28.7. The molecular formula is C15H36N4O8S. The van der Waals surface area contributed by atoms with Gasteiger partial charge in [-0.25, -0.2) is 0 Å². The quantitative estimate of drug-likeness (QED) is 0.176. The average Bonchev–Trinajstić information content (AvgIpc) is 2.65. The molecule has 0 radical (unpaired) electrons. The third kappa shape index (κ3) is 26.7. The fraction of sp³-hybridized carbons (Fsp3) is 0.800. The number of thioether (sulfide) groups is 1. The molecule has 0 aliphatic heterocycles. The first kappa shape index (κ1) is 34.1. The van der Waals surface area contributed by atoms with E-state index in [-0.39, 0.29) is 0 Å². The van der Waals surface area contributed by atoms with Gasteiger partial charge in [-0.05, 0) is 44.7 Å². The largest absolute Gasteiger partial charge is 0.480 e. The zero-order chi connectivity index (χ0) is 23.3. The molecule has 28 heavy (non-hydrogen) atoms. The van der Waals surface area contributed by atoms with E-state index in [1.807, 2.05) is 6.26 Å². The van der Waals surface area contributed by atoms with Crippen LogP contribution in [0.4, 0.5) is 0 Å². The van der Waals surface area contributed by atoms with E-state index in [1.54, 1.807) is 11.8 Å². The highest BCUT2D eigenvalue weighted by Crippen LogP contribution is 1.97. The number of aliphatic hydroxyl groups excluding tert-OH is 2. The molecule has 0 bridgehead atoms. The molecule has 0 amide bonds. The fourth-order valence-corrected chi connectivity index (χ4v) is 1.53. The van der Waals surface area contributed by atoms with Crippen molar-refractivity contribution in [2.75, 3.05) is 25.7 Å². The molecule has 13 N–H and O–H groups in total. The summed E-state index contributed by atoms with van der Waals surface area (Å²) in [7, 11) is 1.00. The molecule has 0 aromatic carbocycles. The topological polar surface area (TPSA) is 256 Å². The van der Waals surface area contributed by atoms with E-state index in [9.17, 15) is 14.4 Å². The molecule has 0 fully saturated rings. The highest BCUT2D eigenvalue weighted by Gasteiger charge is 2.16. The Bertz CT molecular complexity index is 378. The Morgan fingerprint density at radius 3 is 1.50 bits per heavy atom. The molecule has 12 nitrogen and oxygen atoms in total. The second-order valence-electron chi connectivity index (χ2n) is 5.21. The number of nitrogens with two attached hydrogens (primary N) is 4. The summed E-state index contributed by atoms with van der Waals surface area (Å²) in [5.41, 5.74) is 20.4. The van der Waals surface area contributed by atoms with Crippen LogP contribution in [0.3, 0.4) is 0 Å². The number of rotatable bonds is 10. The van der Waals surface area contributed by atoms with Gasteiger partial charge in [-0.2, -0.15) is 11.8 Å². The summed E-state index contributed by atoms with van der Waals surface area (Å²) >= 11 is 1.60. The van der Waals surface area contributed by atoms with Gasteiger partial charge in [0.15, 0.2) is 0 Å². The van der Waals surface area contributed by atoms with Crippen molar-refractivity contribution in [3.63, 3.8) is 0 Å². The number of carbonyl (C=O) groups is 3. The summed E-state index contributed by atoms with van der Waals surface area (Å²) in [5.74, 6) is -2.24. The predicted octanol–water partition coefficient (Wildman–Crippen LogP) is -2.32. The van der Waals surface area contributed by atoms with Gasteiger partial charge in [0.25, 0.3) is 0 Å². The lowest BCUT2D eigenvalue weighted by Gasteiger charge is -2.06. The van der Waals surface area contributed by atoms with E-state index in [0.717, 1.165) is 12.9 Å². The van der Waals surface area contributed by atoms with E-state index < -0.39 is 42.1 Å². The molecule has 0 saturated carbocycles. The predicted molar refractivity (Wildman–Crippen MR) is 108 cm³/mol. The van der Waals surface area contributed by atoms with Gasteiger partial charge in [0, 0.05) is 7.11 Å². The molecule has 0 aromatic heterocycles. The SMILES string of the molecule is CO.CSCC[C@H](N)C(=O)O.C[C@@H](O)[C@H](N)C(=O)O.NCCC[C@H](N)C(=O)O. The van der Waals surface area contributed by atoms with E-state index >= 15 is 0 Å². The van der Waals surface area contributed by atoms with E-state index in [2.05, 4.69) is 0 Å². The summed E-state index contributed by atoms with van der Waals surface area (Å²) in [6.45, 7) is 1.83. The molecule has 0 saturated heterocycles. The zero-order valence-corrected chi connectivity index (χ0v) is 17.3. The average molecular weight is 433 g/mol. The van der Waals surface area contributed by atoms with Crippen molar-refractivity contribution in [3.8, 4) is 0 Å². The summed E-state index contributed by atoms with van der Waals surface area (Å²) < 4.78 is 0. The number of aliphatic carboxylic acids is 3. The first-order chi connectivity index (χ1) is 12.9. The maximum atomic E-state index is 10.1. The van der Waals surface area contributed by atoms with Gasteiger partial charge in [-0.3, -0.25) is 14.4 Å². The normalized spacial score (nSPS) is 13.6. The molecule has 0 aromatic rings. The zero-order valence-electron chi connectivity index (χ0n) is 16.5. The van der Waals surface area contributed by atoms with Crippen molar-refractivity contribution in [1.82, 2.24) is 0 Å². The molecule has 170 valence electrons. The Balaban J connectivity index is -0.000000148. The van der Waals surface area contributed by atoms with Crippen LogP contribution in [-0.2, 0) is 14.4 Å². The van der Waals surface area contributed by atoms with Crippen LogP contribution in [0.25, 0.3) is 0 Å². The first-order valence-electron chi connectivity index (χ1n) is 8.19. The maximum absolute atomic E-state index is 10.1. The number of hydrogen-bond donors (Lipinski definition) is 9. The molecule has 0 heterocycles. The monoisotopic (exact) mass is 432 g/mol. The summed E-state index contributed by atoms with van der Waals surface area (Å²) in [4.78, 5) is 30.0. The van der Waals surface area contributed by atoms with Gasteiger partial charge < -0.3 is 48.5 Å². The Labute approximate surface area is 169 Å². The van der Waals surface area contributed by atoms with Crippen LogP contribution in [0.15, 0.2) is 0 Å². The lowest BCUT2D eigenvalue weighted by Crippen LogP contribution is -2.39. The summed E-state index contributed by atoms with van der Waals surface area (Å²) in [6.07, 6.45) is 2.64. The highest BCUT2D eigenvalue weighted by atomic mass is 32.2. The third-order valence-electron chi connectivity index (χ3n) is 2.79. The Morgan fingerprint density at radius 2 is 1.29 bits per heavy atom. The second-order valence-corrected chi connectivity index (χ2v) is 6.19. The van der Waals surface area contributed by atoms with Crippen molar-refractivity contribution in [1.29, 1.82) is 0 Å². The third-order valence-corrected chi connectivity index (χ3v) is 3.44. The highest BCUT2D eigenvalue weighted by molar-refractivity contribution is 7.98. The second kappa shape index (κ2) is 23.6. The van der Waals surface area contributed by atoms with E-state index in [4.69, 9.17) is 48.5 Å². The fourth-order valence-electron chi connectivity index (χ4n) is 1.04. The number of hydrogen-bond acceptors (Lipinski definition) is 10. The van der Waals surface area contributed by atoms with Gasteiger partial charge >= 0.3 is 17.9 Å². The van der Waals surface area contributed by atoms with Crippen LogP contribution in [0.5, 0.6) is 0 Å².